The Morgan fingerprint density at radius 1 is 1.00 bits per heavy atom. The number of rotatable bonds is 7. The third-order valence-electron chi connectivity index (χ3n) is 6.14. The van der Waals surface area contributed by atoms with E-state index in [4.69, 9.17) is 4.74 Å². The van der Waals surface area contributed by atoms with E-state index in [9.17, 15) is 19.2 Å². The fraction of sp³-hybridized carbons (Fsp3) is 0.214. The van der Waals surface area contributed by atoms with Gasteiger partial charge < -0.3 is 15.0 Å². The van der Waals surface area contributed by atoms with Crippen LogP contribution in [0, 0.1) is 0 Å². The van der Waals surface area contributed by atoms with Crippen LogP contribution in [-0.2, 0) is 9.53 Å². The van der Waals surface area contributed by atoms with Crippen molar-refractivity contribution < 1.29 is 23.9 Å². The summed E-state index contributed by atoms with van der Waals surface area (Å²) < 4.78 is 5.45. The Morgan fingerprint density at radius 2 is 1.81 bits per heavy atom. The van der Waals surface area contributed by atoms with Gasteiger partial charge in [-0.2, -0.15) is 0 Å². The lowest BCUT2D eigenvalue weighted by Gasteiger charge is -2.15. The van der Waals surface area contributed by atoms with Crippen LogP contribution in [0.25, 0.3) is 33.2 Å². The van der Waals surface area contributed by atoms with Crippen molar-refractivity contribution in [2.24, 2.45) is 0 Å². The maximum atomic E-state index is 13.0. The molecule has 3 heterocycles. The first-order valence-corrected chi connectivity index (χ1v) is 12.1. The summed E-state index contributed by atoms with van der Waals surface area (Å²) in [6.45, 7) is 3.61. The summed E-state index contributed by atoms with van der Waals surface area (Å²) in [5, 5.41) is 4.03. The van der Waals surface area contributed by atoms with Crippen molar-refractivity contribution in [1.29, 1.82) is 0 Å². The summed E-state index contributed by atoms with van der Waals surface area (Å²) in [6.07, 6.45) is 3.81. The van der Waals surface area contributed by atoms with Gasteiger partial charge in [0.25, 0.3) is 0 Å². The zero-order valence-electron chi connectivity index (χ0n) is 20.4. The van der Waals surface area contributed by atoms with E-state index in [2.05, 4.69) is 27.2 Å². The van der Waals surface area contributed by atoms with Crippen molar-refractivity contribution in [3.05, 3.63) is 71.2 Å². The molecular formula is C28H24N4O5. The van der Waals surface area contributed by atoms with Gasteiger partial charge in [0, 0.05) is 29.3 Å². The van der Waals surface area contributed by atoms with E-state index < -0.39 is 23.4 Å². The lowest BCUT2D eigenvalue weighted by Crippen LogP contribution is -2.30. The minimum atomic E-state index is -0.578. The molecule has 0 spiro atoms. The number of carbonyl (C=O) groups excluding carboxylic acids is 4. The molecule has 2 N–H and O–H groups in total. The largest absolute Gasteiger partial charge is 0.461 e. The van der Waals surface area contributed by atoms with Crippen LogP contribution in [0.5, 0.6) is 0 Å². The second kappa shape index (κ2) is 9.77. The Hall–Kier alpha value is -4.66. The molecule has 0 aliphatic heterocycles. The number of Topliss-reactive ketones (excluding diaryl/α,β-unsaturated/α-hetero) is 1. The highest BCUT2D eigenvalue weighted by Gasteiger charge is 2.29. The number of unbranched alkanes of at least 4 members (excludes halogenated alkanes) is 2. The van der Waals surface area contributed by atoms with E-state index in [1.807, 2.05) is 24.3 Å². The van der Waals surface area contributed by atoms with Gasteiger partial charge in [-0.25, -0.2) is 14.8 Å². The average Bonchev–Trinajstić information content (AvgIpc) is 3.27. The van der Waals surface area contributed by atoms with Crippen LogP contribution >= 0.6 is 0 Å². The first-order chi connectivity index (χ1) is 17.9. The molecule has 37 heavy (non-hydrogen) atoms. The maximum absolute atomic E-state index is 13.0. The zero-order valence-corrected chi connectivity index (χ0v) is 20.4. The third-order valence-corrected chi connectivity index (χ3v) is 6.14. The van der Waals surface area contributed by atoms with Gasteiger partial charge in [-0.1, -0.05) is 38.0 Å². The van der Waals surface area contributed by atoms with Crippen molar-refractivity contribution in [1.82, 2.24) is 20.3 Å². The molecule has 1 aliphatic rings. The smallest absolute Gasteiger partial charge is 0.356 e. The topological polar surface area (TPSA) is 131 Å². The number of nitrogens with one attached hydrogen (secondary N) is 2. The number of ether oxygens (including phenoxy) is 1. The van der Waals surface area contributed by atoms with Gasteiger partial charge in [-0.15, -0.1) is 0 Å². The Morgan fingerprint density at radius 3 is 2.59 bits per heavy atom. The summed E-state index contributed by atoms with van der Waals surface area (Å²) >= 11 is 0. The number of esters is 1. The number of para-hydroxylation sites is 1. The highest BCUT2D eigenvalue weighted by molar-refractivity contribution is 6.24. The minimum Gasteiger partial charge on any atom is -0.461 e. The number of fused-ring (bicyclic) bond motifs is 4. The van der Waals surface area contributed by atoms with Crippen molar-refractivity contribution in [3.63, 3.8) is 0 Å². The molecule has 1 amide bonds. The minimum absolute atomic E-state index is 0.0904. The van der Waals surface area contributed by atoms with Gasteiger partial charge in [0.2, 0.25) is 11.7 Å². The zero-order chi connectivity index (χ0) is 26.1. The molecule has 0 unspecified atom stereocenters. The number of amides is 1. The highest BCUT2D eigenvalue weighted by Crippen LogP contribution is 2.33. The van der Waals surface area contributed by atoms with Crippen molar-refractivity contribution in [2.75, 3.05) is 6.61 Å². The van der Waals surface area contributed by atoms with Crippen LogP contribution in [0.4, 0.5) is 0 Å². The number of allylic oxidation sites excluding steroid dienone is 2. The van der Waals surface area contributed by atoms with Crippen LogP contribution in [0.1, 0.15) is 64.4 Å². The summed E-state index contributed by atoms with van der Waals surface area (Å²) in [4.78, 5) is 62.4. The standard InChI is InChI=1S/C28H24N4O5/c1-3-4-7-12-37-28(36)22-13-18-16-8-5-6-9-19(16)30-24(18)26(32-22)20-11-10-17-23(34)14-21(29-15(2)33)27(35)25(17)31-20/h5-6,8-11,13-14,30H,3-4,7,12H2,1-2H3,(H,29,33). The summed E-state index contributed by atoms with van der Waals surface area (Å²) in [5.41, 5.74) is 2.12. The molecule has 0 fully saturated rings. The Balaban J connectivity index is 1.64. The Labute approximate surface area is 211 Å². The SMILES string of the molecule is CCCCCOC(=O)c1cc2c([nH]c3ccccc32)c(-c2ccc3c(n2)C(=O)C(NC(C)=O)=CC3=O)n1. The van der Waals surface area contributed by atoms with Crippen molar-refractivity contribution >= 4 is 45.2 Å². The van der Waals surface area contributed by atoms with E-state index in [0.29, 0.717) is 23.5 Å². The molecule has 9 heteroatoms. The molecule has 186 valence electrons. The molecule has 9 nitrogen and oxygen atoms in total. The first kappa shape index (κ1) is 24.1. The number of aromatic nitrogens is 3. The quantitative estimate of drug-likeness (QED) is 0.284. The van der Waals surface area contributed by atoms with E-state index >= 15 is 0 Å². The predicted octanol–water partition coefficient (Wildman–Crippen LogP) is 4.52. The van der Waals surface area contributed by atoms with Gasteiger partial charge >= 0.3 is 5.97 Å². The number of aromatic amines is 1. The number of hydrogen-bond donors (Lipinski definition) is 2. The average molecular weight is 497 g/mol. The molecule has 0 atom stereocenters. The van der Waals surface area contributed by atoms with Crippen LogP contribution in [0.15, 0.2) is 54.2 Å². The number of hydrogen-bond acceptors (Lipinski definition) is 7. The van der Waals surface area contributed by atoms with Gasteiger partial charge in [0.05, 0.1) is 29.1 Å². The Bertz CT molecular complexity index is 1630. The van der Waals surface area contributed by atoms with Gasteiger partial charge in [0.15, 0.2) is 5.78 Å². The van der Waals surface area contributed by atoms with E-state index in [0.717, 1.165) is 41.6 Å². The molecule has 0 bridgehead atoms. The second-order valence-corrected chi connectivity index (χ2v) is 8.82. The fourth-order valence-electron chi connectivity index (χ4n) is 4.37. The highest BCUT2D eigenvalue weighted by atomic mass is 16.5. The summed E-state index contributed by atoms with van der Waals surface area (Å²) in [7, 11) is 0. The van der Waals surface area contributed by atoms with Crippen LogP contribution in [0.3, 0.4) is 0 Å². The van der Waals surface area contributed by atoms with Gasteiger partial charge in [0.1, 0.15) is 17.1 Å². The van der Waals surface area contributed by atoms with Crippen LogP contribution < -0.4 is 5.32 Å². The number of nitrogens with zero attached hydrogens (tertiary/aromatic N) is 2. The molecule has 0 saturated heterocycles. The fourth-order valence-corrected chi connectivity index (χ4v) is 4.37. The first-order valence-electron chi connectivity index (χ1n) is 12.1. The molecular weight excluding hydrogens is 472 g/mol. The monoisotopic (exact) mass is 496 g/mol. The van der Waals surface area contributed by atoms with Gasteiger partial charge in [-0.05, 0) is 30.7 Å². The van der Waals surface area contributed by atoms with Gasteiger partial charge in [-0.3, -0.25) is 14.4 Å². The number of ketones is 2. The number of carbonyl (C=O) groups is 4. The molecule has 1 aromatic carbocycles. The molecule has 0 radical (unpaired) electrons. The van der Waals surface area contributed by atoms with E-state index in [1.165, 1.54) is 13.0 Å². The molecule has 1 aliphatic carbocycles. The Kier molecular flexibility index (Phi) is 6.35. The third kappa shape index (κ3) is 4.51. The molecule has 0 saturated carbocycles. The second-order valence-electron chi connectivity index (χ2n) is 8.82. The maximum Gasteiger partial charge on any atom is 0.356 e. The van der Waals surface area contributed by atoms with Crippen LogP contribution in [0.2, 0.25) is 0 Å². The number of pyridine rings is 2. The van der Waals surface area contributed by atoms with Crippen molar-refractivity contribution in [2.45, 2.75) is 33.1 Å². The number of H-pyrrole nitrogens is 1. The summed E-state index contributed by atoms with van der Waals surface area (Å²) in [5.74, 6) is -2.04. The normalized spacial score (nSPS) is 13.0. The van der Waals surface area contributed by atoms with E-state index in [-0.39, 0.29) is 22.6 Å². The number of benzene rings is 1. The molecule has 4 aromatic rings. The molecule has 5 rings (SSSR count). The lowest BCUT2D eigenvalue weighted by molar-refractivity contribution is -0.118. The summed E-state index contributed by atoms with van der Waals surface area (Å²) in [6, 6.07) is 12.4. The lowest BCUT2D eigenvalue weighted by atomic mass is 9.96. The van der Waals surface area contributed by atoms with Crippen molar-refractivity contribution in [3.8, 4) is 11.4 Å². The predicted molar refractivity (Wildman–Crippen MR) is 137 cm³/mol. The molecule has 3 aromatic heterocycles. The van der Waals surface area contributed by atoms with Crippen LogP contribution in [-0.4, -0.2) is 45.0 Å². The van der Waals surface area contributed by atoms with E-state index in [1.54, 1.807) is 12.1 Å².